The molecule has 368 valence electrons. The van der Waals surface area contributed by atoms with Crippen molar-refractivity contribution in [1.29, 1.82) is 0 Å². The molecule has 0 radical (unpaired) electrons. The average molecular weight is 915 g/mol. The summed E-state index contributed by atoms with van der Waals surface area (Å²) in [6.07, 6.45) is 22.9. The second-order valence-electron chi connectivity index (χ2n) is 16.7. The molecule has 14 nitrogen and oxygen atoms in total. The normalized spacial score (nSPS) is 12.6. The van der Waals surface area contributed by atoms with E-state index in [4.69, 9.17) is 29.2 Å². The SMILES string of the molecule is CCCCCCCCCCCCC(OC(=O)NC(CC)C(=O)O)c1ccc(OC)cc1.CCCCCCCCCCCCC(OC(=O)NC(CCC(=O)O)C(=O)O)c1ccc(OC)cc1. The Morgan fingerprint density at radius 3 is 1.08 bits per heavy atom. The lowest BCUT2D eigenvalue weighted by Crippen LogP contribution is -2.41. The molecule has 4 unspecified atom stereocenters. The predicted molar refractivity (Wildman–Crippen MR) is 254 cm³/mol. The standard InChI is InChI=1S/C26H41NO7.C25H41NO5/c1-3-4-5-6-7-8-9-10-11-12-13-23(20-14-16-21(33-2)17-15-20)34-26(32)27-22(25(30)31)18-19-24(28)29;1-4-6-7-8-9-10-11-12-13-14-15-23(20-16-18-21(30-3)19-17-20)31-25(29)26-22(5-2)24(27)28/h14-17,22-23H,3-13,18-19H2,1-2H3,(H,27,32)(H,28,29)(H,30,31);16-19,22-23H,4-15H2,1-3H3,(H,26,29)(H,27,28). The second-order valence-corrected chi connectivity index (χ2v) is 16.7. The van der Waals surface area contributed by atoms with E-state index >= 15 is 0 Å². The van der Waals surface area contributed by atoms with Gasteiger partial charge in [0, 0.05) is 6.42 Å². The third kappa shape index (κ3) is 28.5. The molecular formula is C51H82N2O12. The number of nitrogens with one attached hydrogen (secondary N) is 2. The maximum absolute atomic E-state index is 12.4. The van der Waals surface area contributed by atoms with Gasteiger partial charge in [0.2, 0.25) is 0 Å². The van der Waals surface area contributed by atoms with Crippen LogP contribution < -0.4 is 20.1 Å². The zero-order valence-corrected chi connectivity index (χ0v) is 40.1. The number of alkyl carbamates (subject to hydrolysis) is 2. The van der Waals surface area contributed by atoms with E-state index in [9.17, 15) is 29.1 Å². The molecule has 2 amide bonds. The van der Waals surface area contributed by atoms with Gasteiger partial charge in [-0.1, -0.05) is 161 Å². The van der Waals surface area contributed by atoms with Crippen molar-refractivity contribution in [1.82, 2.24) is 10.6 Å². The van der Waals surface area contributed by atoms with Crippen LogP contribution in [0, 0.1) is 0 Å². The maximum atomic E-state index is 12.4. The minimum absolute atomic E-state index is 0.217. The summed E-state index contributed by atoms with van der Waals surface area (Å²) in [5.74, 6) is -2.06. The molecule has 4 atom stereocenters. The minimum atomic E-state index is -1.32. The van der Waals surface area contributed by atoms with Crippen molar-refractivity contribution in [3.63, 3.8) is 0 Å². The average Bonchev–Trinajstić information content (AvgIpc) is 3.30. The molecule has 14 heteroatoms. The number of hydrogen-bond acceptors (Lipinski definition) is 9. The fourth-order valence-electron chi connectivity index (χ4n) is 7.33. The zero-order valence-electron chi connectivity index (χ0n) is 40.1. The lowest BCUT2D eigenvalue weighted by atomic mass is 10.0. The number of benzene rings is 2. The third-order valence-electron chi connectivity index (χ3n) is 11.3. The summed E-state index contributed by atoms with van der Waals surface area (Å²) in [6, 6.07) is 12.4. The molecule has 0 spiro atoms. The maximum Gasteiger partial charge on any atom is 0.408 e. The molecule has 0 fully saturated rings. The molecular weight excluding hydrogens is 833 g/mol. The van der Waals surface area contributed by atoms with Gasteiger partial charge in [-0.15, -0.1) is 0 Å². The number of carboxylic acids is 3. The van der Waals surface area contributed by atoms with Crippen molar-refractivity contribution in [3.8, 4) is 11.5 Å². The zero-order chi connectivity index (χ0) is 48.1. The molecule has 0 aliphatic rings. The van der Waals surface area contributed by atoms with Crippen LogP contribution >= 0.6 is 0 Å². The molecule has 0 aliphatic carbocycles. The summed E-state index contributed by atoms with van der Waals surface area (Å²) < 4.78 is 21.6. The van der Waals surface area contributed by atoms with Crippen molar-refractivity contribution >= 4 is 30.1 Å². The first-order chi connectivity index (χ1) is 31.4. The van der Waals surface area contributed by atoms with Crippen LogP contribution in [0.15, 0.2) is 48.5 Å². The summed E-state index contributed by atoms with van der Waals surface area (Å²) in [6.45, 7) is 6.17. The lowest BCUT2D eigenvalue weighted by molar-refractivity contribution is -0.141. The van der Waals surface area contributed by atoms with Crippen LogP contribution in [-0.4, -0.2) is 71.7 Å². The van der Waals surface area contributed by atoms with Crippen LogP contribution in [0.25, 0.3) is 0 Å². The van der Waals surface area contributed by atoms with Gasteiger partial charge in [-0.3, -0.25) is 4.79 Å². The number of carboxylic acid groups (broad SMARTS) is 3. The number of carbonyl (C=O) groups is 5. The Hall–Kier alpha value is -5.01. The molecule has 0 heterocycles. The molecule has 2 rings (SSSR count). The number of rotatable bonds is 36. The highest BCUT2D eigenvalue weighted by Gasteiger charge is 2.25. The van der Waals surface area contributed by atoms with Gasteiger partial charge in [-0.05, 0) is 73.9 Å². The predicted octanol–water partition coefficient (Wildman–Crippen LogP) is 12.7. The van der Waals surface area contributed by atoms with E-state index in [1.54, 1.807) is 33.3 Å². The number of carbonyl (C=O) groups excluding carboxylic acids is 2. The van der Waals surface area contributed by atoms with Gasteiger partial charge < -0.3 is 44.9 Å². The van der Waals surface area contributed by atoms with Crippen LogP contribution in [0.5, 0.6) is 11.5 Å². The van der Waals surface area contributed by atoms with Crippen LogP contribution in [0.4, 0.5) is 9.59 Å². The lowest BCUT2D eigenvalue weighted by Gasteiger charge is -2.21. The summed E-state index contributed by atoms with van der Waals surface area (Å²) in [7, 11) is 3.18. The fourth-order valence-corrected chi connectivity index (χ4v) is 7.33. The first-order valence-electron chi connectivity index (χ1n) is 24.3. The summed E-state index contributed by atoms with van der Waals surface area (Å²) in [5.41, 5.74) is 1.68. The highest BCUT2D eigenvalue weighted by Crippen LogP contribution is 2.28. The van der Waals surface area contributed by atoms with Crippen LogP contribution in [-0.2, 0) is 23.9 Å². The van der Waals surface area contributed by atoms with E-state index in [-0.39, 0.29) is 12.8 Å². The highest BCUT2D eigenvalue weighted by molar-refractivity contribution is 5.81. The minimum Gasteiger partial charge on any atom is -0.497 e. The van der Waals surface area contributed by atoms with Crippen molar-refractivity contribution < 1.29 is 58.2 Å². The molecule has 0 saturated carbocycles. The Morgan fingerprint density at radius 2 is 0.785 bits per heavy atom. The summed E-state index contributed by atoms with van der Waals surface area (Å²) in [5, 5.41) is 31.9. The summed E-state index contributed by atoms with van der Waals surface area (Å²) in [4.78, 5) is 58.0. The number of amides is 2. The van der Waals surface area contributed by atoms with E-state index in [0.717, 1.165) is 49.0 Å². The van der Waals surface area contributed by atoms with E-state index in [0.29, 0.717) is 25.0 Å². The molecule has 0 aromatic heterocycles. The second kappa shape index (κ2) is 37.2. The molecule has 0 saturated heterocycles. The number of methoxy groups -OCH3 is 2. The monoisotopic (exact) mass is 915 g/mol. The first-order valence-corrected chi connectivity index (χ1v) is 24.3. The van der Waals surface area contributed by atoms with Gasteiger partial charge in [0.25, 0.3) is 0 Å². The molecule has 0 bridgehead atoms. The summed E-state index contributed by atoms with van der Waals surface area (Å²) >= 11 is 0. The smallest absolute Gasteiger partial charge is 0.408 e. The topological polar surface area (TPSA) is 207 Å². The van der Waals surface area contributed by atoms with Crippen LogP contribution in [0.1, 0.15) is 205 Å². The van der Waals surface area contributed by atoms with Gasteiger partial charge in [0.15, 0.2) is 0 Å². The highest BCUT2D eigenvalue weighted by atomic mass is 16.6. The van der Waals surface area contributed by atoms with E-state index in [1.807, 2.05) is 36.4 Å². The first kappa shape index (κ1) is 58.0. The third-order valence-corrected chi connectivity index (χ3v) is 11.3. The number of ether oxygens (including phenoxy) is 4. The molecule has 65 heavy (non-hydrogen) atoms. The van der Waals surface area contributed by atoms with Gasteiger partial charge >= 0.3 is 30.1 Å². The van der Waals surface area contributed by atoms with Crippen molar-refractivity contribution in [2.75, 3.05) is 14.2 Å². The van der Waals surface area contributed by atoms with Gasteiger partial charge in [-0.25, -0.2) is 19.2 Å². The molecule has 2 aromatic rings. The van der Waals surface area contributed by atoms with Crippen molar-refractivity contribution in [2.24, 2.45) is 0 Å². The Bertz CT molecular complexity index is 1570. The molecule has 0 aliphatic heterocycles. The van der Waals surface area contributed by atoms with Crippen LogP contribution in [0.3, 0.4) is 0 Å². The Labute approximate surface area is 388 Å². The van der Waals surface area contributed by atoms with Gasteiger partial charge in [0.05, 0.1) is 14.2 Å². The Kier molecular flexibility index (Phi) is 33.2. The van der Waals surface area contributed by atoms with Crippen molar-refractivity contribution in [3.05, 3.63) is 59.7 Å². The Balaban J connectivity index is 0.000000653. The number of unbranched alkanes of at least 4 members (excludes halogenated alkanes) is 18. The number of hydrogen-bond donors (Lipinski definition) is 5. The van der Waals surface area contributed by atoms with E-state index < -0.39 is 54.4 Å². The largest absolute Gasteiger partial charge is 0.497 e. The van der Waals surface area contributed by atoms with E-state index in [1.165, 1.54) is 96.3 Å². The molecule has 5 N–H and O–H groups in total. The van der Waals surface area contributed by atoms with E-state index in [2.05, 4.69) is 24.5 Å². The Morgan fingerprint density at radius 1 is 0.462 bits per heavy atom. The quantitative estimate of drug-likeness (QED) is 0.0405. The van der Waals surface area contributed by atoms with Gasteiger partial charge in [-0.2, -0.15) is 0 Å². The number of aliphatic carboxylic acids is 3. The van der Waals surface area contributed by atoms with Gasteiger partial charge in [0.1, 0.15) is 35.8 Å². The fraction of sp³-hybridized carbons (Fsp3) is 0.667. The molecule has 2 aromatic carbocycles. The van der Waals surface area contributed by atoms with Crippen LogP contribution in [0.2, 0.25) is 0 Å². The van der Waals surface area contributed by atoms with Crippen molar-refractivity contribution in [2.45, 2.75) is 206 Å².